The monoisotopic (exact) mass is 484 g/mol. The van der Waals surface area contributed by atoms with Gasteiger partial charge in [-0.3, -0.25) is 0 Å². The third-order valence-corrected chi connectivity index (χ3v) is 5.72. The van der Waals surface area contributed by atoms with Crippen molar-refractivity contribution in [3.05, 3.63) is 58.0 Å². The number of benzene rings is 2. The number of sulfonamides is 1. The zero-order valence-corrected chi connectivity index (χ0v) is 17.0. The molecule has 0 amide bonds. The van der Waals surface area contributed by atoms with Gasteiger partial charge in [-0.2, -0.15) is 4.72 Å². The first kappa shape index (κ1) is 22.5. The Bertz CT molecular complexity index is 849. The van der Waals surface area contributed by atoms with Crippen LogP contribution in [0.5, 0.6) is 0 Å². The van der Waals surface area contributed by atoms with Gasteiger partial charge in [0.05, 0.1) is 4.90 Å². The van der Waals surface area contributed by atoms with Crippen molar-refractivity contribution in [1.82, 2.24) is 4.72 Å². The summed E-state index contributed by atoms with van der Waals surface area (Å²) in [5.74, 6) is 0. The summed E-state index contributed by atoms with van der Waals surface area (Å²) in [5, 5.41) is 12.0. The number of carbonyl (C=O) groups is 1. The van der Waals surface area contributed by atoms with Crippen LogP contribution < -0.4 is 10.0 Å². The predicted octanol–water partition coefficient (Wildman–Crippen LogP) is 3.94. The van der Waals surface area contributed by atoms with E-state index in [0.29, 0.717) is 15.2 Å². The summed E-state index contributed by atoms with van der Waals surface area (Å²) < 4.78 is 32.4. The van der Waals surface area contributed by atoms with Crippen LogP contribution in [0.1, 0.15) is 0 Å². The Morgan fingerprint density at radius 2 is 1.81 bits per heavy atom. The van der Waals surface area contributed by atoms with Gasteiger partial charge >= 0.3 is 6.16 Å². The number of anilines is 1. The standard InChI is InChI=1S/C15H14BrClN2O5S.ClH/c16-12-3-1-2-4-13(12)25(22,23)19-14(9-24-15(20)21)18-11-7-5-10(17)6-8-11;/h1-8,14,18-19H,9H2,(H,20,21);1H. The second-order valence-corrected chi connectivity index (χ2v) is 7.81. The van der Waals surface area contributed by atoms with Crippen LogP contribution in [-0.4, -0.2) is 32.5 Å². The SMILES string of the molecule is Cl.O=C(O)OCC(Nc1ccc(Cl)cc1)NS(=O)(=O)c1ccccc1Br. The third-order valence-electron chi connectivity index (χ3n) is 2.98. The highest BCUT2D eigenvalue weighted by Crippen LogP contribution is 2.21. The smallest absolute Gasteiger partial charge is 0.450 e. The number of carboxylic acid groups (broad SMARTS) is 1. The van der Waals surface area contributed by atoms with Crippen molar-refractivity contribution in [2.45, 2.75) is 11.1 Å². The molecule has 0 saturated heterocycles. The molecule has 0 spiro atoms. The number of hydrogen-bond acceptors (Lipinski definition) is 5. The molecule has 0 aliphatic carbocycles. The Balaban J connectivity index is 0.00000338. The van der Waals surface area contributed by atoms with Gasteiger partial charge in [-0.15, -0.1) is 12.4 Å². The van der Waals surface area contributed by atoms with E-state index in [1.807, 2.05) is 0 Å². The first-order valence-corrected chi connectivity index (χ1v) is 9.58. The molecule has 1 atom stereocenters. The van der Waals surface area contributed by atoms with Crippen molar-refractivity contribution in [3.8, 4) is 0 Å². The van der Waals surface area contributed by atoms with Crippen LogP contribution in [0, 0.1) is 0 Å². The molecule has 0 radical (unpaired) electrons. The summed E-state index contributed by atoms with van der Waals surface area (Å²) in [6, 6.07) is 12.7. The molecule has 0 fully saturated rings. The van der Waals surface area contributed by atoms with Crippen molar-refractivity contribution in [2.75, 3.05) is 11.9 Å². The van der Waals surface area contributed by atoms with Crippen molar-refractivity contribution in [2.24, 2.45) is 0 Å². The van der Waals surface area contributed by atoms with E-state index in [9.17, 15) is 13.2 Å². The van der Waals surface area contributed by atoms with Gasteiger partial charge in [-0.05, 0) is 52.3 Å². The first-order valence-electron chi connectivity index (χ1n) is 6.92. The Hall–Kier alpha value is -1.52. The van der Waals surface area contributed by atoms with Crippen molar-refractivity contribution < 1.29 is 23.1 Å². The van der Waals surface area contributed by atoms with Gasteiger partial charge in [0.1, 0.15) is 12.8 Å². The summed E-state index contributed by atoms with van der Waals surface area (Å²) in [6.07, 6.45) is -2.53. The minimum Gasteiger partial charge on any atom is -0.450 e. The minimum atomic E-state index is -3.92. The maximum Gasteiger partial charge on any atom is 0.505 e. The Labute approximate surface area is 170 Å². The summed E-state index contributed by atoms with van der Waals surface area (Å²) >= 11 is 8.99. The van der Waals surface area contributed by atoms with Crippen LogP contribution in [0.3, 0.4) is 0 Å². The van der Waals surface area contributed by atoms with Crippen LogP contribution in [0.25, 0.3) is 0 Å². The summed E-state index contributed by atoms with van der Waals surface area (Å²) in [7, 11) is -3.92. The molecule has 7 nitrogen and oxygen atoms in total. The first-order chi connectivity index (χ1) is 11.8. The van der Waals surface area contributed by atoms with Gasteiger partial charge in [-0.25, -0.2) is 13.2 Å². The van der Waals surface area contributed by atoms with Crippen molar-refractivity contribution in [1.29, 1.82) is 0 Å². The number of rotatable bonds is 7. The lowest BCUT2D eigenvalue weighted by Gasteiger charge is -2.21. The normalized spacial score (nSPS) is 11.9. The molecule has 2 rings (SSSR count). The topological polar surface area (TPSA) is 105 Å². The summed E-state index contributed by atoms with van der Waals surface area (Å²) in [6.45, 7) is -0.429. The second-order valence-electron chi connectivity index (χ2n) is 4.83. The molecule has 0 aliphatic heterocycles. The van der Waals surface area contributed by atoms with E-state index >= 15 is 0 Å². The van der Waals surface area contributed by atoms with Crippen LogP contribution in [0.4, 0.5) is 10.5 Å². The van der Waals surface area contributed by atoms with E-state index < -0.39 is 29.0 Å². The fraction of sp³-hybridized carbons (Fsp3) is 0.133. The molecule has 11 heteroatoms. The molecule has 0 bridgehead atoms. The van der Waals surface area contributed by atoms with Crippen molar-refractivity contribution in [3.63, 3.8) is 0 Å². The van der Waals surface area contributed by atoms with Gasteiger partial charge in [0, 0.05) is 15.2 Å². The molecular weight excluding hydrogens is 471 g/mol. The second kappa shape index (κ2) is 9.98. The van der Waals surface area contributed by atoms with Crippen LogP contribution in [-0.2, 0) is 14.8 Å². The van der Waals surface area contributed by atoms with Crippen LogP contribution in [0.15, 0.2) is 57.9 Å². The van der Waals surface area contributed by atoms with E-state index in [1.165, 1.54) is 6.07 Å². The highest BCUT2D eigenvalue weighted by atomic mass is 79.9. The highest BCUT2D eigenvalue weighted by molar-refractivity contribution is 9.10. The van der Waals surface area contributed by atoms with Gasteiger partial charge in [0.25, 0.3) is 0 Å². The molecule has 1 unspecified atom stereocenters. The Morgan fingerprint density at radius 3 is 2.38 bits per heavy atom. The fourth-order valence-electron chi connectivity index (χ4n) is 1.92. The Kier molecular flexibility index (Phi) is 8.65. The molecule has 0 aromatic heterocycles. The van der Waals surface area contributed by atoms with Gasteiger partial charge in [-0.1, -0.05) is 23.7 Å². The number of hydrogen-bond donors (Lipinski definition) is 3. The highest BCUT2D eigenvalue weighted by Gasteiger charge is 2.23. The average Bonchev–Trinajstić information content (AvgIpc) is 2.54. The molecule has 2 aromatic carbocycles. The van der Waals surface area contributed by atoms with Crippen LogP contribution in [0.2, 0.25) is 5.02 Å². The van der Waals surface area contributed by atoms with Gasteiger partial charge < -0.3 is 15.2 Å². The molecular formula is C15H15BrCl2N2O5S. The predicted molar refractivity (Wildman–Crippen MR) is 105 cm³/mol. The van der Waals surface area contributed by atoms with E-state index in [0.717, 1.165) is 0 Å². The van der Waals surface area contributed by atoms with Gasteiger partial charge in [0.2, 0.25) is 10.0 Å². The largest absolute Gasteiger partial charge is 0.505 e. The van der Waals surface area contributed by atoms with E-state index in [4.69, 9.17) is 16.7 Å². The van der Waals surface area contributed by atoms with Crippen molar-refractivity contribution >= 4 is 61.8 Å². The van der Waals surface area contributed by atoms with E-state index in [1.54, 1.807) is 42.5 Å². The Morgan fingerprint density at radius 1 is 1.19 bits per heavy atom. The van der Waals surface area contributed by atoms with E-state index in [2.05, 4.69) is 30.7 Å². The minimum absolute atomic E-state index is 0. The molecule has 0 aliphatic rings. The summed E-state index contributed by atoms with van der Waals surface area (Å²) in [4.78, 5) is 10.7. The number of nitrogens with one attached hydrogen (secondary N) is 2. The fourth-order valence-corrected chi connectivity index (χ4v) is 4.18. The molecule has 0 heterocycles. The van der Waals surface area contributed by atoms with Crippen LogP contribution >= 0.6 is 39.9 Å². The zero-order valence-electron chi connectivity index (χ0n) is 13.1. The maximum absolute atomic E-state index is 12.5. The quantitative estimate of drug-likeness (QED) is 0.405. The molecule has 26 heavy (non-hydrogen) atoms. The van der Waals surface area contributed by atoms with E-state index in [-0.39, 0.29) is 17.3 Å². The molecule has 0 saturated carbocycles. The zero-order chi connectivity index (χ0) is 18.4. The lowest BCUT2D eigenvalue weighted by Crippen LogP contribution is -2.44. The summed E-state index contributed by atoms with van der Waals surface area (Å²) in [5.41, 5.74) is 0.540. The molecule has 3 N–H and O–H groups in total. The third kappa shape index (κ3) is 6.65. The maximum atomic E-state index is 12.5. The number of ether oxygens (including phenoxy) is 1. The lowest BCUT2D eigenvalue weighted by atomic mass is 10.3. The van der Waals surface area contributed by atoms with Gasteiger partial charge in [0.15, 0.2) is 0 Å². The molecule has 2 aromatic rings. The lowest BCUT2D eigenvalue weighted by molar-refractivity contribution is 0.0870. The molecule has 142 valence electrons. The average molecular weight is 486 g/mol. The number of halogens is 3.